The molecule has 1 aromatic carbocycles. The van der Waals surface area contributed by atoms with Gasteiger partial charge >= 0.3 is 0 Å². The summed E-state index contributed by atoms with van der Waals surface area (Å²) in [5, 5.41) is 0.885. The topological polar surface area (TPSA) is 0 Å². The Morgan fingerprint density at radius 1 is 1.17 bits per heavy atom. The highest BCUT2D eigenvalue weighted by molar-refractivity contribution is 6.49. The summed E-state index contributed by atoms with van der Waals surface area (Å²) in [6.07, 6.45) is 2.11. The van der Waals surface area contributed by atoms with Gasteiger partial charge in [0.25, 0.3) is 0 Å². The minimum Gasteiger partial charge on any atom is -0.0840 e. The zero-order chi connectivity index (χ0) is 8.77. The first kappa shape index (κ1) is 7.88. The second-order valence-electron chi connectivity index (χ2n) is 3.76. The minimum atomic E-state index is 0.105. The molecule has 1 heteroatoms. The predicted molar refractivity (Wildman–Crippen MR) is 53.3 cm³/mol. The lowest BCUT2D eigenvalue weighted by Gasteiger charge is -2.16. The van der Waals surface area contributed by atoms with Crippen LogP contribution in [0.25, 0.3) is 5.03 Å². The van der Waals surface area contributed by atoms with Crippen LogP contribution in [0.5, 0.6) is 0 Å². The van der Waals surface area contributed by atoms with Crippen molar-refractivity contribution in [2.45, 2.75) is 19.3 Å². The highest BCUT2D eigenvalue weighted by Crippen LogP contribution is 2.41. The predicted octanol–water partition coefficient (Wildman–Crippen LogP) is 3.56. The maximum Gasteiger partial charge on any atom is 0.0450 e. The van der Waals surface area contributed by atoms with Gasteiger partial charge in [0.1, 0.15) is 0 Å². The number of hydrogen-bond donors (Lipinski definition) is 0. The molecule has 0 spiro atoms. The number of benzene rings is 1. The Bertz CT molecular complexity index is 348. The van der Waals surface area contributed by atoms with Gasteiger partial charge in [0.15, 0.2) is 0 Å². The lowest BCUT2D eigenvalue weighted by Crippen LogP contribution is -2.10. The van der Waals surface area contributed by atoms with Gasteiger partial charge in [-0.15, -0.1) is 0 Å². The van der Waals surface area contributed by atoms with Crippen LogP contribution >= 0.6 is 11.6 Å². The van der Waals surface area contributed by atoms with Gasteiger partial charge < -0.3 is 0 Å². The number of halogens is 1. The van der Waals surface area contributed by atoms with Crippen molar-refractivity contribution in [3.63, 3.8) is 0 Å². The highest BCUT2D eigenvalue weighted by atomic mass is 35.5. The summed E-state index contributed by atoms with van der Waals surface area (Å²) < 4.78 is 0. The fourth-order valence-corrected chi connectivity index (χ4v) is 2.16. The first-order valence-electron chi connectivity index (χ1n) is 4.09. The third kappa shape index (κ3) is 0.987. The van der Waals surface area contributed by atoms with E-state index >= 15 is 0 Å². The quantitative estimate of drug-likeness (QED) is 0.570. The Morgan fingerprint density at radius 2 is 1.83 bits per heavy atom. The van der Waals surface area contributed by atoms with E-state index in [1.54, 1.807) is 0 Å². The van der Waals surface area contributed by atoms with E-state index < -0.39 is 0 Å². The molecule has 0 radical (unpaired) electrons. The number of rotatable bonds is 0. The fraction of sp³-hybridized carbons (Fsp3) is 0.273. The van der Waals surface area contributed by atoms with Gasteiger partial charge in [-0.1, -0.05) is 55.8 Å². The van der Waals surface area contributed by atoms with Crippen LogP contribution < -0.4 is 0 Å². The zero-order valence-corrected chi connectivity index (χ0v) is 8.02. The van der Waals surface area contributed by atoms with Crippen LogP contribution in [0.4, 0.5) is 0 Å². The van der Waals surface area contributed by atoms with E-state index in [0.29, 0.717) is 0 Å². The molecule has 1 aliphatic rings. The molecule has 2 rings (SSSR count). The Labute approximate surface area is 77.9 Å². The summed E-state index contributed by atoms with van der Waals surface area (Å²) >= 11 is 6.09. The molecule has 62 valence electrons. The van der Waals surface area contributed by atoms with Gasteiger partial charge in [-0.3, -0.25) is 0 Å². The first-order chi connectivity index (χ1) is 5.61. The molecule has 0 N–H and O–H groups in total. The van der Waals surface area contributed by atoms with Crippen molar-refractivity contribution in [2.24, 2.45) is 0 Å². The molecule has 0 unspecified atom stereocenters. The van der Waals surface area contributed by atoms with Gasteiger partial charge in [-0.05, 0) is 11.1 Å². The van der Waals surface area contributed by atoms with Crippen molar-refractivity contribution >= 4 is 16.6 Å². The van der Waals surface area contributed by atoms with Gasteiger partial charge in [-0.25, -0.2) is 0 Å². The molecule has 0 aliphatic heterocycles. The lowest BCUT2D eigenvalue weighted by molar-refractivity contribution is 0.683. The average molecular weight is 179 g/mol. The largest absolute Gasteiger partial charge is 0.0840 e. The number of fused-ring (bicyclic) bond motifs is 1. The summed E-state index contributed by atoms with van der Waals surface area (Å²) in [5.41, 5.74) is 2.62. The fourth-order valence-electron chi connectivity index (χ4n) is 1.73. The first-order valence-corrected chi connectivity index (χ1v) is 4.47. The van der Waals surface area contributed by atoms with Crippen molar-refractivity contribution in [3.05, 3.63) is 41.5 Å². The third-order valence-corrected chi connectivity index (χ3v) is 2.68. The minimum absolute atomic E-state index is 0.105. The molecule has 0 nitrogen and oxygen atoms in total. The Kier molecular flexibility index (Phi) is 1.55. The molecule has 0 atom stereocenters. The summed E-state index contributed by atoms with van der Waals surface area (Å²) in [6.45, 7) is 4.36. The maximum atomic E-state index is 6.09. The SMILES string of the molecule is CC1(C)C=C(Cl)c2ccccc21. The van der Waals surface area contributed by atoms with Crippen LogP contribution in [-0.4, -0.2) is 0 Å². The molecule has 0 bridgehead atoms. The Morgan fingerprint density at radius 3 is 2.50 bits per heavy atom. The van der Waals surface area contributed by atoms with Crippen LogP contribution in [-0.2, 0) is 5.41 Å². The van der Waals surface area contributed by atoms with E-state index in [9.17, 15) is 0 Å². The van der Waals surface area contributed by atoms with Gasteiger partial charge in [0.05, 0.1) is 0 Å². The van der Waals surface area contributed by atoms with Crippen LogP contribution in [0, 0.1) is 0 Å². The van der Waals surface area contributed by atoms with Crippen molar-refractivity contribution in [2.75, 3.05) is 0 Å². The van der Waals surface area contributed by atoms with Crippen LogP contribution in [0.3, 0.4) is 0 Å². The monoisotopic (exact) mass is 178 g/mol. The second-order valence-corrected chi connectivity index (χ2v) is 4.17. The van der Waals surface area contributed by atoms with E-state index in [1.165, 1.54) is 11.1 Å². The standard InChI is InChI=1S/C11H11Cl/c1-11(2)7-10(12)8-5-3-4-6-9(8)11/h3-7H,1-2H3. The molecule has 0 heterocycles. The maximum absolute atomic E-state index is 6.09. The van der Waals surface area contributed by atoms with E-state index in [4.69, 9.17) is 11.6 Å². The van der Waals surface area contributed by atoms with Crippen LogP contribution in [0.1, 0.15) is 25.0 Å². The van der Waals surface area contributed by atoms with E-state index in [2.05, 4.69) is 38.1 Å². The van der Waals surface area contributed by atoms with E-state index in [-0.39, 0.29) is 5.41 Å². The smallest absolute Gasteiger partial charge is 0.0450 e. The highest BCUT2D eigenvalue weighted by Gasteiger charge is 2.28. The summed E-state index contributed by atoms with van der Waals surface area (Å²) in [7, 11) is 0. The average Bonchev–Trinajstić information content (AvgIpc) is 2.25. The van der Waals surface area contributed by atoms with E-state index in [0.717, 1.165) is 5.03 Å². The Balaban J connectivity index is 2.68. The zero-order valence-electron chi connectivity index (χ0n) is 7.26. The van der Waals surface area contributed by atoms with Crippen LogP contribution in [0.2, 0.25) is 0 Å². The normalized spacial score (nSPS) is 18.8. The van der Waals surface area contributed by atoms with Crippen molar-refractivity contribution < 1.29 is 0 Å². The Hall–Kier alpha value is -0.750. The lowest BCUT2D eigenvalue weighted by atomic mass is 9.87. The molecular weight excluding hydrogens is 168 g/mol. The second kappa shape index (κ2) is 2.37. The van der Waals surface area contributed by atoms with Crippen LogP contribution in [0.15, 0.2) is 30.3 Å². The molecule has 1 aliphatic carbocycles. The number of allylic oxidation sites excluding steroid dienone is 1. The summed E-state index contributed by atoms with van der Waals surface area (Å²) in [6, 6.07) is 8.30. The molecule has 0 amide bonds. The number of hydrogen-bond acceptors (Lipinski definition) is 0. The van der Waals surface area contributed by atoms with Crippen molar-refractivity contribution in [1.29, 1.82) is 0 Å². The molecular formula is C11H11Cl. The van der Waals surface area contributed by atoms with Gasteiger partial charge in [0.2, 0.25) is 0 Å². The molecule has 0 aromatic heterocycles. The summed E-state index contributed by atoms with van der Waals surface area (Å²) in [5.74, 6) is 0. The van der Waals surface area contributed by atoms with E-state index in [1.807, 2.05) is 6.07 Å². The van der Waals surface area contributed by atoms with Gasteiger partial charge in [-0.2, -0.15) is 0 Å². The molecule has 0 saturated carbocycles. The molecule has 1 aromatic rings. The van der Waals surface area contributed by atoms with Crippen molar-refractivity contribution in [3.8, 4) is 0 Å². The third-order valence-electron chi connectivity index (χ3n) is 2.37. The molecule has 12 heavy (non-hydrogen) atoms. The molecule has 0 saturated heterocycles. The molecule has 0 fully saturated rings. The van der Waals surface area contributed by atoms with Crippen molar-refractivity contribution in [1.82, 2.24) is 0 Å². The van der Waals surface area contributed by atoms with Gasteiger partial charge in [0, 0.05) is 10.4 Å². The summed E-state index contributed by atoms with van der Waals surface area (Å²) in [4.78, 5) is 0.